The number of rotatable bonds is 1. The van der Waals surface area contributed by atoms with Crippen LogP contribution in [0.4, 0.5) is 0 Å². The van der Waals surface area contributed by atoms with Gasteiger partial charge in [-0.25, -0.2) is 0 Å². The van der Waals surface area contributed by atoms with E-state index in [1.54, 1.807) is 13.2 Å². The van der Waals surface area contributed by atoms with Crippen molar-refractivity contribution in [2.24, 2.45) is 23.2 Å². The molecule has 1 spiro atoms. The highest BCUT2D eigenvalue weighted by Crippen LogP contribution is 2.66. The van der Waals surface area contributed by atoms with Gasteiger partial charge in [0.25, 0.3) is 0 Å². The molecule has 5 rings (SSSR count). The minimum atomic E-state index is -0.313. The summed E-state index contributed by atoms with van der Waals surface area (Å²) >= 11 is 0. The predicted octanol–water partition coefficient (Wildman–Crippen LogP) is 2.47. The van der Waals surface area contributed by atoms with Crippen molar-refractivity contribution in [3.05, 3.63) is 35.8 Å². The van der Waals surface area contributed by atoms with Crippen molar-refractivity contribution in [2.75, 3.05) is 20.7 Å². The number of carbonyl (C=O) groups is 1. The second kappa shape index (κ2) is 4.96. The van der Waals surface area contributed by atoms with Gasteiger partial charge in [0.15, 0.2) is 17.6 Å². The first-order valence-corrected chi connectivity index (χ1v) is 8.22. The van der Waals surface area contributed by atoms with Crippen LogP contribution in [0, 0.1) is 23.2 Å². The maximum atomic E-state index is 12.6. The topological polar surface area (TPSA) is 38.8 Å². The van der Waals surface area contributed by atoms with Crippen molar-refractivity contribution in [3.8, 4) is 0 Å². The number of methoxy groups -OCH3 is 1. The quantitative estimate of drug-likeness (QED) is 0.701. The van der Waals surface area contributed by atoms with E-state index in [1.165, 1.54) is 0 Å². The number of carbonyl (C=O) groups excluding carboxylic acids is 1. The SMILES string of the molecule is Br.COC1=C2O[C@H]3C(=O)C=C[C@H]4[C@H]5CC(C=C1)C2[C@@]34CCN5C. The molecule has 2 bridgehead atoms. The van der Waals surface area contributed by atoms with E-state index >= 15 is 0 Å². The molecule has 1 saturated carbocycles. The Kier molecular flexibility index (Phi) is 3.34. The van der Waals surface area contributed by atoms with Gasteiger partial charge in [0.1, 0.15) is 5.76 Å². The van der Waals surface area contributed by atoms with Gasteiger partial charge in [0.05, 0.1) is 7.11 Å². The molecule has 0 N–H and O–H groups in total. The smallest absolute Gasteiger partial charge is 0.196 e. The molecule has 0 radical (unpaired) electrons. The number of ketones is 1. The largest absolute Gasteiger partial charge is 0.493 e. The first-order chi connectivity index (χ1) is 10.7. The van der Waals surface area contributed by atoms with Crippen LogP contribution in [-0.4, -0.2) is 43.5 Å². The molecule has 0 amide bonds. The van der Waals surface area contributed by atoms with Crippen molar-refractivity contribution in [1.82, 2.24) is 4.90 Å². The Hall–Kier alpha value is -1.07. The Morgan fingerprint density at radius 3 is 2.96 bits per heavy atom. The van der Waals surface area contributed by atoms with Crippen LogP contribution in [0.25, 0.3) is 0 Å². The molecule has 2 heterocycles. The Morgan fingerprint density at radius 2 is 2.17 bits per heavy atom. The molecular formula is C18H22BrNO3. The van der Waals surface area contributed by atoms with Crippen LogP contribution in [0.3, 0.4) is 0 Å². The average molecular weight is 380 g/mol. The maximum Gasteiger partial charge on any atom is 0.196 e. The van der Waals surface area contributed by atoms with Crippen LogP contribution in [-0.2, 0) is 14.3 Å². The van der Waals surface area contributed by atoms with Gasteiger partial charge in [-0.2, -0.15) is 0 Å². The summed E-state index contributed by atoms with van der Waals surface area (Å²) in [6.07, 6.45) is 10.1. The summed E-state index contributed by atoms with van der Waals surface area (Å²) in [5.41, 5.74) is -0.0597. The van der Waals surface area contributed by atoms with Gasteiger partial charge in [-0.3, -0.25) is 4.79 Å². The van der Waals surface area contributed by atoms with Gasteiger partial charge < -0.3 is 14.4 Å². The van der Waals surface area contributed by atoms with E-state index in [-0.39, 0.29) is 34.3 Å². The van der Waals surface area contributed by atoms with E-state index in [1.807, 2.05) is 6.08 Å². The highest BCUT2D eigenvalue weighted by Gasteiger charge is 2.69. The van der Waals surface area contributed by atoms with Crippen LogP contribution < -0.4 is 0 Å². The summed E-state index contributed by atoms with van der Waals surface area (Å²) in [6, 6.07) is 0.513. The number of piperidine rings is 1. The number of likely N-dealkylation sites (tertiary alicyclic amines) is 1. The Balaban J connectivity index is 0.00000135. The standard InChI is InChI=1S/C18H21NO3.BrH/c1-19-8-7-18-11-4-5-13(20)17(18)22-16-14(21-2)6-3-10(15(16)18)9-12(11)19;/h3-6,10-12,15,17H,7-9H2,1-2H3;1H/t10?,11-,12+,15?,17-,18-;/m0./s1. The normalized spacial score (nSPS) is 46.2. The molecule has 2 unspecified atom stereocenters. The molecule has 5 aliphatic rings. The average Bonchev–Trinajstić information content (AvgIpc) is 2.88. The van der Waals surface area contributed by atoms with Crippen molar-refractivity contribution in [1.29, 1.82) is 0 Å². The number of hydrogen-bond donors (Lipinski definition) is 0. The second-order valence-electron chi connectivity index (χ2n) is 7.36. The van der Waals surface area contributed by atoms with Crippen molar-refractivity contribution < 1.29 is 14.3 Å². The van der Waals surface area contributed by atoms with Crippen molar-refractivity contribution in [3.63, 3.8) is 0 Å². The Morgan fingerprint density at radius 1 is 1.35 bits per heavy atom. The first-order valence-electron chi connectivity index (χ1n) is 8.22. The lowest BCUT2D eigenvalue weighted by Gasteiger charge is -2.59. The molecule has 3 aliphatic carbocycles. The van der Waals surface area contributed by atoms with Gasteiger partial charge in [0, 0.05) is 23.3 Å². The third kappa shape index (κ3) is 1.67. The summed E-state index contributed by atoms with van der Waals surface area (Å²) in [4.78, 5) is 15.0. The number of allylic oxidation sites excluding steroid dienone is 3. The van der Waals surface area contributed by atoms with Crippen LogP contribution in [0.2, 0.25) is 0 Å². The van der Waals surface area contributed by atoms with Crippen LogP contribution in [0.15, 0.2) is 35.8 Å². The monoisotopic (exact) mass is 379 g/mol. The fourth-order valence-electron chi connectivity index (χ4n) is 5.83. The van der Waals surface area contributed by atoms with E-state index in [0.717, 1.165) is 30.9 Å². The van der Waals surface area contributed by atoms with Crippen molar-refractivity contribution >= 4 is 22.8 Å². The van der Waals surface area contributed by atoms with E-state index < -0.39 is 0 Å². The van der Waals surface area contributed by atoms with E-state index in [9.17, 15) is 4.79 Å². The number of halogens is 1. The molecule has 4 nitrogen and oxygen atoms in total. The number of hydrogen-bond acceptors (Lipinski definition) is 4. The summed E-state index contributed by atoms with van der Waals surface area (Å²) in [6.45, 7) is 1.05. The molecule has 0 aromatic carbocycles. The zero-order valence-corrected chi connectivity index (χ0v) is 15.1. The lowest BCUT2D eigenvalue weighted by Crippen LogP contribution is -2.64. The molecule has 0 aromatic rings. The fourth-order valence-corrected chi connectivity index (χ4v) is 5.83. The third-order valence-electron chi connectivity index (χ3n) is 6.72. The lowest BCUT2D eigenvalue weighted by atomic mass is 9.48. The minimum Gasteiger partial charge on any atom is -0.493 e. The third-order valence-corrected chi connectivity index (χ3v) is 6.72. The molecule has 124 valence electrons. The summed E-state index contributed by atoms with van der Waals surface area (Å²) in [5.74, 6) is 3.07. The van der Waals surface area contributed by atoms with Crippen LogP contribution >= 0.6 is 17.0 Å². The molecule has 2 saturated heterocycles. The molecule has 0 aromatic heterocycles. The zero-order chi connectivity index (χ0) is 15.1. The second-order valence-corrected chi connectivity index (χ2v) is 7.36. The number of ether oxygens (including phenoxy) is 2. The molecule has 6 atom stereocenters. The van der Waals surface area contributed by atoms with E-state index in [0.29, 0.717) is 23.8 Å². The summed E-state index contributed by atoms with van der Waals surface area (Å²) in [5, 5.41) is 0. The zero-order valence-electron chi connectivity index (χ0n) is 13.4. The van der Waals surface area contributed by atoms with Crippen LogP contribution in [0.5, 0.6) is 0 Å². The fraction of sp³-hybridized carbons (Fsp3) is 0.611. The molecule has 5 heteroatoms. The minimum absolute atomic E-state index is 0. The summed E-state index contributed by atoms with van der Waals surface area (Å²) < 4.78 is 11.8. The van der Waals surface area contributed by atoms with E-state index in [2.05, 4.69) is 24.1 Å². The van der Waals surface area contributed by atoms with Gasteiger partial charge in [0.2, 0.25) is 0 Å². The Bertz CT molecular complexity index is 655. The molecule has 2 aliphatic heterocycles. The Labute approximate surface area is 147 Å². The lowest BCUT2D eigenvalue weighted by molar-refractivity contribution is -0.140. The number of nitrogens with zero attached hydrogens (tertiary/aromatic N) is 1. The van der Waals surface area contributed by atoms with Gasteiger partial charge >= 0.3 is 0 Å². The van der Waals surface area contributed by atoms with Crippen LogP contribution in [0.1, 0.15) is 12.8 Å². The molecular weight excluding hydrogens is 358 g/mol. The highest BCUT2D eigenvalue weighted by atomic mass is 79.9. The van der Waals surface area contributed by atoms with Crippen molar-refractivity contribution in [2.45, 2.75) is 25.0 Å². The van der Waals surface area contributed by atoms with Gasteiger partial charge in [-0.1, -0.05) is 12.2 Å². The van der Waals surface area contributed by atoms with E-state index in [4.69, 9.17) is 9.47 Å². The summed E-state index contributed by atoms with van der Waals surface area (Å²) in [7, 11) is 3.91. The predicted molar refractivity (Wildman–Crippen MR) is 91.1 cm³/mol. The first kappa shape index (κ1) is 15.5. The van der Waals surface area contributed by atoms with Gasteiger partial charge in [-0.05, 0) is 44.5 Å². The maximum absolute atomic E-state index is 12.6. The van der Waals surface area contributed by atoms with Gasteiger partial charge in [-0.15, -0.1) is 17.0 Å². The highest BCUT2D eigenvalue weighted by molar-refractivity contribution is 8.93. The molecule has 3 fully saturated rings. The molecule has 23 heavy (non-hydrogen) atoms.